The lowest BCUT2D eigenvalue weighted by Crippen LogP contribution is -2.00. The number of rotatable bonds is 4. The summed E-state index contributed by atoms with van der Waals surface area (Å²) in [4.78, 5) is 0. The maximum absolute atomic E-state index is 13.4. The van der Waals surface area contributed by atoms with Gasteiger partial charge in [-0.05, 0) is 19.4 Å². The summed E-state index contributed by atoms with van der Waals surface area (Å²) in [5.74, 6) is -0.518. The SMILES string of the molecule is CC/C=C\C(Pc1ccccc1F)=C(/C)F. The molecule has 86 valence electrons. The first-order valence-corrected chi connectivity index (χ1v) is 6.19. The molecule has 1 atom stereocenters. The third kappa shape index (κ3) is 3.86. The quantitative estimate of drug-likeness (QED) is 0.543. The standard InChI is InChI=1S/C13H15F2P/c1-3-4-8-12(10(2)14)16-13-9-6-5-7-11(13)15/h4-9,16H,3H2,1-2H3/b8-4-,12-10-. The molecule has 3 heteroatoms. The molecule has 0 nitrogen and oxygen atoms in total. The summed E-state index contributed by atoms with van der Waals surface area (Å²) in [7, 11) is 0.0274. The molecule has 1 unspecified atom stereocenters. The highest BCUT2D eigenvalue weighted by molar-refractivity contribution is 7.52. The molecule has 1 aromatic carbocycles. The van der Waals surface area contributed by atoms with E-state index < -0.39 is 0 Å². The molecule has 1 rings (SSSR count). The van der Waals surface area contributed by atoms with Crippen LogP contribution in [-0.4, -0.2) is 0 Å². The summed E-state index contributed by atoms with van der Waals surface area (Å²) < 4.78 is 26.6. The van der Waals surface area contributed by atoms with Crippen molar-refractivity contribution in [2.45, 2.75) is 20.3 Å². The van der Waals surface area contributed by atoms with E-state index >= 15 is 0 Å². The van der Waals surface area contributed by atoms with E-state index in [0.29, 0.717) is 10.6 Å². The van der Waals surface area contributed by atoms with Crippen molar-refractivity contribution in [3.8, 4) is 0 Å². The van der Waals surface area contributed by atoms with Crippen LogP contribution in [-0.2, 0) is 0 Å². The van der Waals surface area contributed by atoms with Gasteiger partial charge in [-0.15, -0.1) is 0 Å². The van der Waals surface area contributed by atoms with Crippen LogP contribution >= 0.6 is 8.58 Å². The Morgan fingerprint density at radius 1 is 1.38 bits per heavy atom. The van der Waals surface area contributed by atoms with Gasteiger partial charge in [0.2, 0.25) is 0 Å². The summed E-state index contributed by atoms with van der Waals surface area (Å²) in [6.45, 7) is 3.39. The van der Waals surface area contributed by atoms with Gasteiger partial charge in [0.05, 0.1) is 0 Å². The van der Waals surface area contributed by atoms with Crippen molar-refractivity contribution in [3.05, 3.63) is 53.4 Å². The average Bonchev–Trinajstić information content (AvgIpc) is 2.26. The number of halogens is 2. The number of hydrogen-bond acceptors (Lipinski definition) is 0. The van der Waals surface area contributed by atoms with Crippen molar-refractivity contribution >= 4 is 13.9 Å². The molecule has 1 aromatic rings. The average molecular weight is 240 g/mol. The van der Waals surface area contributed by atoms with Gasteiger partial charge >= 0.3 is 0 Å². The van der Waals surface area contributed by atoms with Crippen LogP contribution in [0.25, 0.3) is 0 Å². The van der Waals surface area contributed by atoms with E-state index in [-0.39, 0.29) is 20.2 Å². The smallest absolute Gasteiger partial charge is 0.130 e. The normalized spacial score (nSPS) is 13.8. The van der Waals surface area contributed by atoms with Gasteiger partial charge in [0.15, 0.2) is 0 Å². The lowest BCUT2D eigenvalue weighted by atomic mass is 10.3. The minimum Gasteiger partial charge on any atom is -0.211 e. The predicted octanol–water partition coefficient (Wildman–Crippen LogP) is 4.30. The van der Waals surface area contributed by atoms with E-state index in [1.807, 2.05) is 13.0 Å². The lowest BCUT2D eigenvalue weighted by Gasteiger charge is -2.04. The zero-order valence-corrected chi connectivity index (χ0v) is 10.4. The Balaban J connectivity index is 2.90. The second kappa shape index (κ2) is 6.55. The van der Waals surface area contributed by atoms with E-state index in [0.717, 1.165) is 6.42 Å². The van der Waals surface area contributed by atoms with Gasteiger partial charge < -0.3 is 0 Å². The van der Waals surface area contributed by atoms with E-state index in [9.17, 15) is 8.78 Å². The zero-order valence-electron chi connectivity index (χ0n) is 9.43. The molecule has 0 aliphatic heterocycles. The molecule has 0 radical (unpaired) electrons. The molecule has 16 heavy (non-hydrogen) atoms. The minimum atomic E-state index is -0.274. The number of allylic oxidation sites excluding steroid dienone is 4. The minimum absolute atomic E-state index is 0.0274. The highest BCUT2D eigenvalue weighted by Gasteiger charge is 2.05. The maximum atomic E-state index is 13.4. The van der Waals surface area contributed by atoms with Crippen LogP contribution in [0, 0.1) is 5.82 Å². The van der Waals surface area contributed by atoms with Crippen LogP contribution in [0.4, 0.5) is 8.78 Å². The monoisotopic (exact) mass is 240 g/mol. The highest BCUT2D eigenvalue weighted by Crippen LogP contribution is 2.29. The number of benzene rings is 1. The van der Waals surface area contributed by atoms with Gasteiger partial charge in [0.1, 0.15) is 11.6 Å². The van der Waals surface area contributed by atoms with Crippen LogP contribution < -0.4 is 5.30 Å². The van der Waals surface area contributed by atoms with Crippen molar-refractivity contribution in [3.63, 3.8) is 0 Å². The first-order valence-electron chi connectivity index (χ1n) is 5.19. The zero-order chi connectivity index (χ0) is 12.0. The molecule has 0 fully saturated rings. The first kappa shape index (κ1) is 13.1. The van der Waals surface area contributed by atoms with Crippen LogP contribution in [0.15, 0.2) is 47.6 Å². The van der Waals surface area contributed by atoms with Crippen LogP contribution in [0.2, 0.25) is 0 Å². The molecule has 0 aliphatic rings. The van der Waals surface area contributed by atoms with Crippen molar-refractivity contribution in [1.29, 1.82) is 0 Å². The summed E-state index contributed by atoms with van der Waals surface area (Å²) >= 11 is 0. The van der Waals surface area contributed by atoms with E-state index in [1.165, 1.54) is 13.0 Å². The van der Waals surface area contributed by atoms with Gasteiger partial charge in [-0.1, -0.05) is 45.9 Å². The van der Waals surface area contributed by atoms with Gasteiger partial charge in [-0.25, -0.2) is 8.78 Å². The fourth-order valence-corrected chi connectivity index (χ4v) is 2.23. The van der Waals surface area contributed by atoms with Gasteiger partial charge in [-0.3, -0.25) is 0 Å². The Morgan fingerprint density at radius 2 is 2.06 bits per heavy atom. The van der Waals surface area contributed by atoms with E-state index in [1.54, 1.807) is 24.3 Å². The second-order valence-corrected chi connectivity index (χ2v) is 4.69. The molecule has 0 aromatic heterocycles. The molecule has 0 spiro atoms. The fourth-order valence-electron chi connectivity index (χ4n) is 1.19. The molecule has 0 aliphatic carbocycles. The summed E-state index contributed by atoms with van der Waals surface area (Å²) in [6, 6.07) is 6.49. The van der Waals surface area contributed by atoms with E-state index in [2.05, 4.69) is 0 Å². The Labute approximate surface area is 96.9 Å². The topological polar surface area (TPSA) is 0 Å². The Hall–Kier alpha value is -1.01. The third-order valence-corrected chi connectivity index (χ3v) is 3.49. The molecular formula is C13H15F2P. The van der Waals surface area contributed by atoms with Crippen LogP contribution in [0.1, 0.15) is 20.3 Å². The summed E-state index contributed by atoms with van der Waals surface area (Å²) in [5.41, 5.74) is 0. The van der Waals surface area contributed by atoms with Gasteiger partial charge in [0, 0.05) is 10.6 Å². The molecular weight excluding hydrogens is 225 g/mol. The van der Waals surface area contributed by atoms with Crippen LogP contribution in [0.3, 0.4) is 0 Å². The van der Waals surface area contributed by atoms with Crippen molar-refractivity contribution in [2.24, 2.45) is 0 Å². The van der Waals surface area contributed by atoms with E-state index in [4.69, 9.17) is 0 Å². The summed E-state index contributed by atoms with van der Waals surface area (Å²) in [5, 5.41) is 1.11. The lowest BCUT2D eigenvalue weighted by molar-refractivity contribution is 0.635. The molecule has 0 heterocycles. The van der Waals surface area contributed by atoms with Gasteiger partial charge in [0.25, 0.3) is 0 Å². The van der Waals surface area contributed by atoms with Gasteiger partial charge in [-0.2, -0.15) is 0 Å². The third-order valence-electron chi connectivity index (χ3n) is 2.03. The summed E-state index contributed by atoms with van der Waals surface area (Å²) in [6.07, 6.45) is 4.46. The molecule has 0 saturated carbocycles. The molecule has 0 N–H and O–H groups in total. The van der Waals surface area contributed by atoms with Crippen molar-refractivity contribution < 1.29 is 8.78 Å². The molecule has 0 amide bonds. The predicted molar refractivity (Wildman–Crippen MR) is 67.6 cm³/mol. The van der Waals surface area contributed by atoms with Crippen molar-refractivity contribution in [1.82, 2.24) is 0 Å². The fraction of sp³-hybridized carbons (Fsp3) is 0.231. The second-order valence-electron chi connectivity index (χ2n) is 3.36. The van der Waals surface area contributed by atoms with Crippen LogP contribution in [0.5, 0.6) is 0 Å². The number of hydrogen-bond donors (Lipinski definition) is 0. The Kier molecular flexibility index (Phi) is 5.34. The first-order chi connectivity index (χ1) is 7.65. The Morgan fingerprint density at radius 3 is 2.62 bits per heavy atom. The molecule has 0 saturated heterocycles. The van der Waals surface area contributed by atoms with Crippen molar-refractivity contribution in [2.75, 3.05) is 0 Å². The maximum Gasteiger partial charge on any atom is 0.130 e. The molecule has 0 bridgehead atoms. The highest BCUT2D eigenvalue weighted by atomic mass is 31.1. The Bertz CT molecular complexity index is 404. The largest absolute Gasteiger partial charge is 0.211 e.